The molecule has 1 aliphatic rings. The number of hydrogen-bond acceptors (Lipinski definition) is 2. The van der Waals surface area contributed by atoms with Crippen LogP contribution in [0.1, 0.15) is 31.7 Å². The molecule has 4 heteroatoms. The summed E-state index contributed by atoms with van der Waals surface area (Å²) in [6.07, 6.45) is 3.58. The average molecular weight is 315 g/mol. The zero-order valence-corrected chi connectivity index (χ0v) is 12.3. The van der Waals surface area contributed by atoms with Crippen LogP contribution in [0.5, 0.6) is 0 Å². The van der Waals surface area contributed by atoms with Crippen molar-refractivity contribution in [2.75, 3.05) is 6.54 Å². The number of nitrogens with two attached hydrogens (primary N) is 1. The highest BCUT2D eigenvalue weighted by Gasteiger charge is 2.27. The van der Waals surface area contributed by atoms with E-state index < -0.39 is 0 Å². The van der Waals surface area contributed by atoms with Crippen LogP contribution in [0.15, 0.2) is 22.7 Å². The van der Waals surface area contributed by atoms with Gasteiger partial charge in [-0.2, -0.15) is 0 Å². The summed E-state index contributed by atoms with van der Waals surface area (Å²) in [4.78, 5) is 2.41. The summed E-state index contributed by atoms with van der Waals surface area (Å²) in [5, 5.41) is 0. The van der Waals surface area contributed by atoms with Gasteiger partial charge in [-0.1, -0.05) is 18.6 Å². The molecule has 0 bridgehead atoms. The third-order valence-corrected chi connectivity index (χ3v) is 4.74. The van der Waals surface area contributed by atoms with E-state index in [0.29, 0.717) is 23.1 Å². The van der Waals surface area contributed by atoms with Gasteiger partial charge >= 0.3 is 0 Å². The fourth-order valence-electron chi connectivity index (χ4n) is 2.75. The Morgan fingerprint density at radius 3 is 2.94 bits per heavy atom. The van der Waals surface area contributed by atoms with Crippen molar-refractivity contribution >= 4 is 15.9 Å². The van der Waals surface area contributed by atoms with E-state index in [0.717, 1.165) is 18.5 Å². The second kappa shape index (κ2) is 6.13. The highest BCUT2D eigenvalue weighted by atomic mass is 79.9. The van der Waals surface area contributed by atoms with Crippen molar-refractivity contribution < 1.29 is 4.39 Å². The Balaban J connectivity index is 2.17. The first-order valence-corrected chi connectivity index (χ1v) is 7.31. The van der Waals surface area contributed by atoms with E-state index in [-0.39, 0.29) is 5.82 Å². The normalized spacial score (nSPS) is 25.3. The minimum absolute atomic E-state index is 0.193. The molecule has 2 atom stereocenters. The monoisotopic (exact) mass is 314 g/mol. The first-order valence-electron chi connectivity index (χ1n) is 6.52. The minimum Gasteiger partial charge on any atom is -0.329 e. The van der Waals surface area contributed by atoms with Gasteiger partial charge in [0.25, 0.3) is 0 Å². The largest absolute Gasteiger partial charge is 0.329 e. The van der Waals surface area contributed by atoms with E-state index in [2.05, 4.69) is 27.8 Å². The molecule has 1 saturated heterocycles. The smallest absolute Gasteiger partial charge is 0.137 e. The maximum absolute atomic E-state index is 13.5. The zero-order chi connectivity index (χ0) is 13.1. The molecule has 1 aliphatic heterocycles. The summed E-state index contributed by atoms with van der Waals surface area (Å²) in [6, 6.07) is 6.16. The molecule has 0 radical (unpaired) electrons. The van der Waals surface area contributed by atoms with E-state index >= 15 is 0 Å². The van der Waals surface area contributed by atoms with Crippen molar-refractivity contribution in [2.24, 2.45) is 5.73 Å². The van der Waals surface area contributed by atoms with E-state index in [4.69, 9.17) is 5.73 Å². The fourth-order valence-corrected chi connectivity index (χ4v) is 3.14. The number of likely N-dealkylation sites (tertiary alicyclic amines) is 1. The third-order valence-electron chi connectivity index (χ3n) is 3.85. The van der Waals surface area contributed by atoms with Crippen LogP contribution in [0.4, 0.5) is 4.39 Å². The second-order valence-corrected chi connectivity index (χ2v) is 5.85. The Kier molecular flexibility index (Phi) is 4.76. The number of rotatable bonds is 3. The van der Waals surface area contributed by atoms with Gasteiger partial charge < -0.3 is 5.73 Å². The molecule has 1 aromatic carbocycles. The molecule has 18 heavy (non-hydrogen) atoms. The maximum atomic E-state index is 13.5. The molecule has 1 fully saturated rings. The van der Waals surface area contributed by atoms with Crippen molar-refractivity contribution in [1.82, 2.24) is 4.90 Å². The van der Waals surface area contributed by atoms with Crippen LogP contribution in [0, 0.1) is 5.82 Å². The Morgan fingerprint density at radius 1 is 1.44 bits per heavy atom. The quantitative estimate of drug-likeness (QED) is 0.927. The average Bonchev–Trinajstić information content (AvgIpc) is 2.37. The van der Waals surface area contributed by atoms with E-state index in [9.17, 15) is 4.39 Å². The van der Waals surface area contributed by atoms with Crippen molar-refractivity contribution in [3.05, 3.63) is 34.1 Å². The Bertz CT molecular complexity index is 411. The van der Waals surface area contributed by atoms with Gasteiger partial charge in [-0.25, -0.2) is 4.39 Å². The molecule has 0 aromatic heterocycles. The summed E-state index contributed by atoms with van der Waals surface area (Å²) in [7, 11) is 0. The summed E-state index contributed by atoms with van der Waals surface area (Å²) in [5.41, 5.74) is 6.85. The second-order valence-electron chi connectivity index (χ2n) is 5.05. The zero-order valence-electron chi connectivity index (χ0n) is 10.7. The summed E-state index contributed by atoms with van der Waals surface area (Å²) >= 11 is 3.34. The number of nitrogens with zero attached hydrogens (tertiary/aromatic N) is 1. The highest BCUT2D eigenvalue weighted by Crippen LogP contribution is 2.28. The predicted octanol–water partition coefficient (Wildman–Crippen LogP) is 3.29. The molecule has 2 nitrogen and oxygen atoms in total. The van der Waals surface area contributed by atoms with Gasteiger partial charge in [0, 0.05) is 25.2 Å². The van der Waals surface area contributed by atoms with Crippen LogP contribution >= 0.6 is 15.9 Å². The van der Waals surface area contributed by atoms with Crippen molar-refractivity contribution in [3.63, 3.8) is 0 Å². The van der Waals surface area contributed by atoms with Crippen LogP contribution in [-0.2, 0) is 6.54 Å². The Hall–Kier alpha value is -0.450. The summed E-state index contributed by atoms with van der Waals surface area (Å²) in [6.45, 7) is 3.67. The van der Waals surface area contributed by atoms with Crippen LogP contribution < -0.4 is 5.73 Å². The molecule has 0 aliphatic carbocycles. The lowest BCUT2D eigenvalue weighted by Gasteiger charge is -2.40. The van der Waals surface area contributed by atoms with E-state index in [1.807, 2.05) is 6.07 Å². The molecule has 1 aromatic rings. The third kappa shape index (κ3) is 2.92. The Labute approximate surface area is 116 Å². The molecule has 1 heterocycles. The van der Waals surface area contributed by atoms with Crippen LogP contribution in [0.3, 0.4) is 0 Å². The van der Waals surface area contributed by atoms with Gasteiger partial charge in [0.2, 0.25) is 0 Å². The number of benzene rings is 1. The predicted molar refractivity (Wildman–Crippen MR) is 75.8 cm³/mol. The standard InChI is InChI=1S/C14H20BrFN2/c1-10-4-2-6-12(8-17)18(10)9-11-5-3-7-13(16)14(11)15/h3,5,7,10,12H,2,4,6,8-9,17H2,1H3. The van der Waals surface area contributed by atoms with Crippen molar-refractivity contribution in [1.29, 1.82) is 0 Å². The maximum Gasteiger partial charge on any atom is 0.137 e. The molecule has 2 N–H and O–H groups in total. The van der Waals surface area contributed by atoms with Gasteiger partial charge in [0.1, 0.15) is 5.82 Å². The molecule has 0 amide bonds. The lowest BCUT2D eigenvalue weighted by molar-refractivity contribution is 0.0889. The van der Waals surface area contributed by atoms with Crippen LogP contribution in [0.25, 0.3) is 0 Å². The summed E-state index contributed by atoms with van der Waals surface area (Å²) in [5.74, 6) is -0.193. The molecule has 100 valence electrons. The molecule has 0 spiro atoms. The first-order chi connectivity index (χ1) is 8.63. The Morgan fingerprint density at radius 2 is 2.22 bits per heavy atom. The topological polar surface area (TPSA) is 29.3 Å². The van der Waals surface area contributed by atoms with Crippen molar-refractivity contribution in [3.8, 4) is 0 Å². The van der Waals surface area contributed by atoms with Gasteiger partial charge in [0.15, 0.2) is 0 Å². The number of piperidine rings is 1. The highest BCUT2D eigenvalue weighted by molar-refractivity contribution is 9.10. The van der Waals surface area contributed by atoms with Gasteiger partial charge in [-0.15, -0.1) is 0 Å². The molecule has 0 saturated carbocycles. The van der Waals surface area contributed by atoms with E-state index in [1.54, 1.807) is 6.07 Å². The molecule has 2 rings (SSSR count). The van der Waals surface area contributed by atoms with Crippen LogP contribution in [-0.4, -0.2) is 23.5 Å². The number of hydrogen-bond donors (Lipinski definition) is 1. The molecular weight excluding hydrogens is 295 g/mol. The first kappa shape index (κ1) is 14.0. The number of halogens is 2. The van der Waals surface area contributed by atoms with Gasteiger partial charge in [-0.05, 0) is 47.3 Å². The SMILES string of the molecule is CC1CCCC(CN)N1Cc1cccc(F)c1Br. The lowest BCUT2D eigenvalue weighted by Crippen LogP contribution is -2.48. The molecular formula is C14H20BrFN2. The lowest BCUT2D eigenvalue weighted by atomic mass is 9.95. The van der Waals surface area contributed by atoms with E-state index in [1.165, 1.54) is 18.9 Å². The van der Waals surface area contributed by atoms with Crippen LogP contribution in [0.2, 0.25) is 0 Å². The van der Waals surface area contributed by atoms with Crippen molar-refractivity contribution in [2.45, 2.75) is 44.8 Å². The fraction of sp³-hybridized carbons (Fsp3) is 0.571. The van der Waals surface area contributed by atoms with Gasteiger partial charge in [-0.3, -0.25) is 4.90 Å². The molecule has 2 unspecified atom stereocenters. The summed E-state index contributed by atoms with van der Waals surface area (Å²) < 4.78 is 14.1. The minimum atomic E-state index is -0.193. The van der Waals surface area contributed by atoms with Gasteiger partial charge in [0.05, 0.1) is 4.47 Å².